The summed E-state index contributed by atoms with van der Waals surface area (Å²) in [5.41, 5.74) is 0. The Balaban J connectivity index is 1.74. The van der Waals surface area contributed by atoms with E-state index in [1.54, 1.807) is 11.3 Å². The quantitative estimate of drug-likeness (QED) is 0.867. The number of carbonyl (C=O) groups excluding carboxylic acids is 1. The summed E-state index contributed by atoms with van der Waals surface area (Å²) in [5, 5.41) is 17.2. The van der Waals surface area contributed by atoms with E-state index in [1.807, 2.05) is 24.4 Å². The molecule has 1 heterocycles. The fourth-order valence-electron chi connectivity index (χ4n) is 2.48. The second-order valence-corrected chi connectivity index (χ2v) is 5.94. The van der Waals surface area contributed by atoms with Crippen molar-refractivity contribution in [3.8, 4) is 6.07 Å². The molecule has 1 amide bonds. The minimum absolute atomic E-state index is 0.00973. The number of carbonyl (C=O) groups is 1. The van der Waals surface area contributed by atoms with Gasteiger partial charge in [0.05, 0.1) is 24.6 Å². The van der Waals surface area contributed by atoms with Crippen molar-refractivity contribution < 1.29 is 4.79 Å². The fourth-order valence-corrected chi connectivity index (χ4v) is 3.22. The molecule has 3 unspecified atom stereocenters. The molecule has 0 bridgehead atoms. The molecular formula is C14H19N3OS. The van der Waals surface area contributed by atoms with Crippen LogP contribution in [-0.4, -0.2) is 18.5 Å². The lowest BCUT2D eigenvalue weighted by molar-refractivity contribution is -0.121. The maximum Gasteiger partial charge on any atom is 0.234 e. The summed E-state index contributed by atoms with van der Waals surface area (Å²) < 4.78 is 0. The van der Waals surface area contributed by atoms with Crippen molar-refractivity contribution in [2.24, 2.45) is 5.92 Å². The number of thiophene rings is 1. The Morgan fingerprint density at radius 2 is 2.47 bits per heavy atom. The number of nitriles is 1. The Labute approximate surface area is 117 Å². The molecule has 5 heteroatoms. The SMILES string of the molecule is CC(NC(=O)CNC1CCCC1C#N)c1cccs1. The molecule has 3 atom stereocenters. The molecule has 4 nitrogen and oxygen atoms in total. The van der Waals surface area contributed by atoms with Crippen LogP contribution in [0.15, 0.2) is 17.5 Å². The van der Waals surface area contributed by atoms with Gasteiger partial charge in [-0.25, -0.2) is 0 Å². The van der Waals surface area contributed by atoms with E-state index in [-0.39, 0.29) is 23.9 Å². The highest BCUT2D eigenvalue weighted by atomic mass is 32.1. The predicted octanol–water partition coefficient (Wildman–Crippen LogP) is 2.21. The van der Waals surface area contributed by atoms with Gasteiger partial charge >= 0.3 is 0 Å². The second-order valence-electron chi connectivity index (χ2n) is 4.96. The van der Waals surface area contributed by atoms with Crippen LogP contribution in [0, 0.1) is 17.2 Å². The number of nitrogens with one attached hydrogen (secondary N) is 2. The summed E-state index contributed by atoms with van der Waals surface area (Å²) >= 11 is 1.64. The lowest BCUT2D eigenvalue weighted by Gasteiger charge is -2.17. The Kier molecular flexibility index (Phi) is 4.94. The van der Waals surface area contributed by atoms with Gasteiger partial charge in [0.2, 0.25) is 5.91 Å². The number of nitrogens with zero attached hydrogens (tertiary/aromatic N) is 1. The first-order chi connectivity index (χ1) is 9.20. The summed E-state index contributed by atoms with van der Waals surface area (Å²) in [5.74, 6) is 0.0482. The first-order valence-corrected chi connectivity index (χ1v) is 7.54. The van der Waals surface area contributed by atoms with Gasteiger partial charge in [0.25, 0.3) is 0 Å². The molecule has 1 fully saturated rings. The second kappa shape index (κ2) is 6.69. The predicted molar refractivity (Wildman–Crippen MR) is 75.6 cm³/mol. The molecule has 0 saturated heterocycles. The van der Waals surface area contributed by atoms with Crippen LogP contribution in [-0.2, 0) is 4.79 Å². The topological polar surface area (TPSA) is 64.9 Å². The minimum Gasteiger partial charge on any atom is -0.348 e. The molecule has 2 rings (SSSR count). The molecule has 102 valence electrons. The average Bonchev–Trinajstić information content (AvgIpc) is 3.07. The van der Waals surface area contributed by atoms with Gasteiger partial charge in [0, 0.05) is 10.9 Å². The molecule has 0 aliphatic heterocycles. The zero-order valence-corrected chi connectivity index (χ0v) is 11.9. The van der Waals surface area contributed by atoms with Crippen molar-refractivity contribution in [2.45, 2.75) is 38.3 Å². The Bertz CT molecular complexity index is 452. The summed E-state index contributed by atoms with van der Waals surface area (Å²) in [6, 6.07) is 6.53. The van der Waals surface area contributed by atoms with Gasteiger partial charge < -0.3 is 10.6 Å². The van der Waals surface area contributed by atoms with E-state index in [0.29, 0.717) is 6.54 Å². The summed E-state index contributed by atoms with van der Waals surface area (Å²) in [4.78, 5) is 13.0. The lowest BCUT2D eigenvalue weighted by atomic mass is 10.1. The van der Waals surface area contributed by atoms with E-state index in [1.165, 1.54) is 0 Å². The lowest BCUT2D eigenvalue weighted by Crippen LogP contribution is -2.41. The van der Waals surface area contributed by atoms with Gasteiger partial charge in [-0.1, -0.05) is 12.5 Å². The maximum absolute atomic E-state index is 11.8. The van der Waals surface area contributed by atoms with Gasteiger partial charge in [-0.15, -0.1) is 11.3 Å². The van der Waals surface area contributed by atoms with Crippen molar-refractivity contribution in [2.75, 3.05) is 6.54 Å². The summed E-state index contributed by atoms with van der Waals surface area (Å²) in [6.45, 7) is 2.27. The van der Waals surface area contributed by atoms with E-state index in [4.69, 9.17) is 5.26 Å². The number of rotatable bonds is 5. The van der Waals surface area contributed by atoms with Gasteiger partial charge in [0.15, 0.2) is 0 Å². The fraction of sp³-hybridized carbons (Fsp3) is 0.571. The molecule has 1 aliphatic carbocycles. The molecule has 2 N–H and O–H groups in total. The molecule has 1 saturated carbocycles. The van der Waals surface area contributed by atoms with Crippen molar-refractivity contribution in [1.82, 2.24) is 10.6 Å². The van der Waals surface area contributed by atoms with Crippen molar-refractivity contribution >= 4 is 17.2 Å². The van der Waals surface area contributed by atoms with Crippen LogP contribution in [0.3, 0.4) is 0 Å². The largest absolute Gasteiger partial charge is 0.348 e. The standard InChI is InChI=1S/C14H19N3OS/c1-10(13-6-3-7-19-13)17-14(18)9-16-12-5-2-4-11(12)8-15/h3,6-7,10-12,16H,2,4-5,9H2,1H3,(H,17,18). The highest BCUT2D eigenvalue weighted by Crippen LogP contribution is 2.24. The van der Waals surface area contributed by atoms with Gasteiger partial charge in [0.1, 0.15) is 0 Å². The molecule has 1 aliphatic rings. The third-order valence-electron chi connectivity index (χ3n) is 3.55. The third-order valence-corrected chi connectivity index (χ3v) is 4.61. The molecular weight excluding hydrogens is 258 g/mol. The van der Waals surface area contributed by atoms with Crippen LogP contribution < -0.4 is 10.6 Å². The van der Waals surface area contributed by atoms with Gasteiger partial charge in [-0.3, -0.25) is 4.79 Å². The minimum atomic E-state index is -0.00973. The van der Waals surface area contributed by atoms with Crippen molar-refractivity contribution in [3.05, 3.63) is 22.4 Å². The first kappa shape index (κ1) is 14.0. The zero-order valence-electron chi connectivity index (χ0n) is 11.1. The number of amides is 1. The van der Waals surface area contributed by atoms with Gasteiger partial charge in [-0.05, 0) is 31.2 Å². The first-order valence-electron chi connectivity index (χ1n) is 6.66. The molecule has 1 aromatic rings. The van der Waals surface area contributed by atoms with Crippen LogP contribution >= 0.6 is 11.3 Å². The summed E-state index contributed by atoms with van der Waals surface area (Å²) in [6.07, 6.45) is 3.01. The monoisotopic (exact) mass is 277 g/mol. The van der Waals surface area contributed by atoms with E-state index in [9.17, 15) is 4.79 Å². The van der Waals surface area contributed by atoms with E-state index in [0.717, 1.165) is 24.1 Å². The normalized spacial score (nSPS) is 23.8. The highest BCUT2D eigenvalue weighted by Gasteiger charge is 2.27. The Morgan fingerprint density at radius 1 is 1.63 bits per heavy atom. The van der Waals surface area contributed by atoms with Crippen LogP contribution in [0.4, 0.5) is 0 Å². The maximum atomic E-state index is 11.8. The van der Waals surface area contributed by atoms with E-state index in [2.05, 4.69) is 16.7 Å². The number of hydrogen-bond acceptors (Lipinski definition) is 4. The average molecular weight is 277 g/mol. The van der Waals surface area contributed by atoms with Gasteiger partial charge in [-0.2, -0.15) is 5.26 Å². The number of hydrogen-bond donors (Lipinski definition) is 2. The molecule has 0 spiro atoms. The summed E-state index contributed by atoms with van der Waals surface area (Å²) in [7, 11) is 0. The highest BCUT2D eigenvalue weighted by molar-refractivity contribution is 7.10. The van der Waals surface area contributed by atoms with Crippen LogP contribution in [0.1, 0.15) is 37.1 Å². The van der Waals surface area contributed by atoms with Crippen LogP contribution in [0.2, 0.25) is 0 Å². The van der Waals surface area contributed by atoms with Crippen LogP contribution in [0.25, 0.3) is 0 Å². The Morgan fingerprint density at radius 3 is 3.16 bits per heavy atom. The smallest absolute Gasteiger partial charge is 0.234 e. The molecule has 0 radical (unpaired) electrons. The van der Waals surface area contributed by atoms with Crippen molar-refractivity contribution in [3.63, 3.8) is 0 Å². The van der Waals surface area contributed by atoms with E-state index >= 15 is 0 Å². The molecule has 0 aromatic carbocycles. The Hall–Kier alpha value is -1.38. The molecule has 19 heavy (non-hydrogen) atoms. The molecule has 1 aromatic heterocycles. The zero-order chi connectivity index (χ0) is 13.7. The third kappa shape index (κ3) is 3.79. The van der Waals surface area contributed by atoms with Crippen LogP contribution in [0.5, 0.6) is 0 Å². The van der Waals surface area contributed by atoms with E-state index < -0.39 is 0 Å². The van der Waals surface area contributed by atoms with Crippen molar-refractivity contribution in [1.29, 1.82) is 5.26 Å².